The van der Waals surface area contributed by atoms with Gasteiger partial charge >= 0.3 is 0 Å². The van der Waals surface area contributed by atoms with Gasteiger partial charge in [0.2, 0.25) is 0 Å². The van der Waals surface area contributed by atoms with Gasteiger partial charge in [-0.1, -0.05) is 6.07 Å². The molecule has 0 saturated carbocycles. The summed E-state index contributed by atoms with van der Waals surface area (Å²) in [5.74, 6) is 0. The maximum atomic E-state index is 4.52. The van der Waals surface area contributed by atoms with E-state index < -0.39 is 0 Å². The number of nitrogens with one attached hydrogen (secondary N) is 1. The molecule has 94 valence electrons. The lowest BCUT2D eigenvalue weighted by atomic mass is 10.2. The Morgan fingerprint density at radius 2 is 2.00 bits per heavy atom. The van der Waals surface area contributed by atoms with Crippen LogP contribution < -0.4 is 5.32 Å². The van der Waals surface area contributed by atoms with Crippen molar-refractivity contribution in [2.24, 2.45) is 0 Å². The SMILES string of the molecule is CNCc1ccc(CN2CCN(C)CC2)nc1. The third kappa shape index (κ3) is 3.77. The van der Waals surface area contributed by atoms with Crippen molar-refractivity contribution in [2.45, 2.75) is 13.1 Å². The highest BCUT2D eigenvalue weighted by Gasteiger charge is 2.13. The Bertz CT molecular complexity index is 328. The molecule has 0 aromatic carbocycles. The van der Waals surface area contributed by atoms with Crippen LogP contribution in [0.15, 0.2) is 18.3 Å². The molecule has 2 heterocycles. The fourth-order valence-corrected chi connectivity index (χ4v) is 2.09. The quantitative estimate of drug-likeness (QED) is 0.824. The van der Waals surface area contributed by atoms with Crippen LogP contribution in [0.5, 0.6) is 0 Å². The average molecular weight is 234 g/mol. The van der Waals surface area contributed by atoms with E-state index in [-0.39, 0.29) is 0 Å². The minimum absolute atomic E-state index is 0.891. The Morgan fingerprint density at radius 1 is 1.24 bits per heavy atom. The van der Waals surface area contributed by atoms with Gasteiger partial charge in [-0.3, -0.25) is 9.88 Å². The number of piperazine rings is 1. The molecule has 0 bridgehead atoms. The third-order valence-electron chi connectivity index (χ3n) is 3.25. The van der Waals surface area contributed by atoms with Gasteiger partial charge in [0.05, 0.1) is 5.69 Å². The summed E-state index contributed by atoms with van der Waals surface area (Å²) >= 11 is 0. The zero-order valence-corrected chi connectivity index (χ0v) is 10.8. The molecule has 0 atom stereocenters. The van der Waals surface area contributed by atoms with Crippen molar-refractivity contribution in [2.75, 3.05) is 40.3 Å². The van der Waals surface area contributed by atoms with E-state index in [0.29, 0.717) is 0 Å². The van der Waals surface area contributed by atoms with Gasteiger partial charge in [0.15, 0.2) is 0 Å². The first-order valence-electron chi connectivity index (χ1n) is 6.27. The molecule has 4 nitrogen and oxygen atoms in total. The summed E-state index contributed by atoms with van der Waals surface area (Å²) in [6.45, 7) is 6.50. The van der Waals surface area contributed by atoms with Crippen LogP contribution >= 0.6 is 0 Å². The summed E-state index contributed by atoms with van der Waals surface area (Å²) in [5, 5.41) is 3.13. The van der Waals surface area contributed by atoms with E-state index in [1.165, 1.54) is 11.3 Å². The molecule has 1 aliphatic heterocycles. The lowest BCUT2D eigenvalue weighted by Gasteiger charge is -2.32. The number of rotatable bonds is 4. The van der Waals surface area contributed by atoms with Crippen molar-refractivity contribution in [3.8, 4) is 0 Å². The van der Waals surface area contributed by atoms with Gasteiger partial charge in [-0.25, -0.2) is 0 Å². The minimum atomic E-state index is 0.891. The number of hydrogen-bond acceptors (Lipinski definition) is 4. The van der Waals surface area contributed by atoms with Crippen LogP contribution in [0.2, 0.25) is 0 Å². The molecule has 1 saturated heterocycles. The molecule has 1 aromatic heterocycles. The van der Waals surface area contributed by atoms with Crippen molar-refractivity contribution < 1.29 is 0 Å². The Labute approximate surface area is 104 Å². The number of aromatic nitrogens is 1. The average Bonchev–Trinajstić information content (AvgIpc) is 2.35. The van der Waals surface area contributed by atoms with Crippen LogP contribution in [-0.2, 0) is 13.1 Å². The van der Waals surface area contributed by atoms with Gasteiger partial charge in [0, 0.05) is 45.5 Å². The minimum Gasteiger partial charge on any atom is -0.316 e. The molecule has 1 aromatic rings. The van der Waals surface area contributed by atoms with Gasteiger partial charge in [0.1, 0.15) is 0 Å². The highest BCUT2D eigenvalue weighted by molar-refractivity contribution is 5.13. The molecule has 1 aliphatic rings. The van der Waals surface area contributed by atoms with E-state index in [1.54, 1.807) is 0 Å². The summed E-state index contributed by atoms with van der Waals surface area (Å²) in [5.41, 5.74) is 2.42. The fourth-order valence-electron chi connectivity index (χ4n) is 2.09. The predicted octanol–water partition coefficient (Wildman–Crippen LogP) is 0.548. The molecule has 1 fully saturated rings. The molecular formula is C13H22N4. The van der Waals surface area contributed by atoms with E-state index in [2.05, 4.69) is 39.3 Å². The van der Waals surface area contributed by atoms with Crippen LogP contribution in [0.25, 0.3) is 0 Å². The second-order valence-electron chi connectivity index (χ2n) is 4.77. The lowest BCUT2D eigenvalue weighted by molar-refractivity contribution is 0.147. The molecular weight excluding hydrogens is 212 g/mol. The maximum Gasteiger partial charge on any atom is 0.0544 e. The van der Waals surface area contributed by atoms with Gasteiger partial charge in [0.25, 0.3) is 0 Å². The van der Waals surface area contributed by atoms with Gasteiger partial charge in [-0.05, 0) is 25.7 Å². The van der Waals surface area contributed by atoms with E-state index in [9.17, 15) is 0 Å². The van der Waals surface area contributed by atoms with Gasteiger partial charge in [-0.2, -0.15) is 0 Å². The van der Waals surface area contributed by atoms with Crippen LogP contribution in [0, 0.1) is 0 Å². The van der Waals surface area contributed by atoms with E-state index >= 15 is 0 Å². The molecule has 4 heteroatoms. The molecule has 17 heavy (non-hydrogen) atoms. The smallest absolute Gasteiger partial charge is 0.0544 e. The maximum absolute atomic E-state index is 4.52. The van der Waals surface area contributed by atoms with Crippen molar-refractivity contribution in [3.05, 3.63) is 29.6 Å². The molecule has 0 radical (unpaired) electrons. The Morgan fingerprint density at radius 3 is 2.59 bits per heavy atom. The van der Waals surface area contributed by atoms with Crippen molar-refractivity contribution in [1.82, 2.24) is 20.1 Å². The molecule has 2 rings (SSSR count). The van der Waals surface area contributed by atoms with Crippen molar-refractivity contribution in [3.63, 3.8) is 0 Å². The van der Waals surface area contributed by atoms with Gasteiger partial charge < -0.3 is 10.2 Å². The summed E-state index contributed by atoms with van der Waals surface area (Å²) in [6, 6.07) is 4.31. The molecule has 0 spiro atoms. The lowest BCUT2D eigenvalue weighted by Crippen LogP contribution is -2.44. The number of nitrogens with zero attached hydrogens (tertiary/aromatic N) is 3. The topological polar surface area (TPSA) is 31.4 Å². The summed E-state index contributed by atoms with van der Waals surface area (Å²) < 4.78 is 0. The van der Waals surface area contributed by atoms with E-state index in [4.69, 9.17) is 0 Å². The Kier molecular flexibility index (Phi) is 4.48. The van der Waals surface area contributed by atoms with E-state index in [1.807, 2.05) is 13.2 Å². The van der Waals surface area contributed by atoms with Crippen LogP contribution in [-0.4, -0.2) is 55.1 Å². The zero-order valence-electron chi connectivity index (χ0n) is 10.8. The first-order chi connectivity index (χ1) is 8.28. The third-order valence-corrected chi connectivity index (χ3v) is 3.25. The monoisotopic (exact) mass is 234 g/mol. The van der Waals surface area contributed by atoms with E-state index in [0.717, 1.165) is 39.3 Å². The van der Waals surface area contributed by atoms with Crippen LogP contribution in [0.3, 0.4) is 0 Å². The van der Waals surface area contributed by atoms with Gasteiger partial charge in [-0.15, -0.1) is 0 Å². The molecule has 0 amide bonds. The Hall–Kier alpha value is -0.970. The second kappa shape index (κ2) is 6.10. The fraction of sp³-hybridized carbons (Fsp3) is 0.615. The highest BCUT2D eigenvalue weighted by atomic mass is 15.2. The number of pyridine rings is 1. The first kappa shape index (κ1) is 12.5. The molecule has 0 unspecified atom stereocenters. The van der Waals surface area contributed by atoms with Crippen LogP contribution in [0.4, 0.5) is 0 Å². The second-order valence-corrected chi connectivity index (χ2v) is 4.77. The predicted molar refractivity (Wildman–Crippen MR) is 69.8 cm³/mol. The van der Waals surface area contributed by atoms with Crippen LogP contribution in [0.1, 0.15) is 11.3 Å². The number of likely N-dealkylation sites (N-methyl/N-ethyl adjacent to an activating group) is 1. The van der Waals surface area contributed by atoms with Crippen molar-refractivity contribution in [1.29, 1.82) is 0 Å². The Balaban J connectivity index is 1.86. The summed E-state index contributed by atoms with van der Waals surface area (Å²) in [4.78, 5) is 9.36. The highest BCUT2D eigenvalue weighted by Crippen LogP contribution is 2.06. The molecule has 0 aliphatic carbocycles. The number of hydrogen-bond donors (Lipinski definition) is 1. The standard InChI is InChI=1S/C13H22N4/c1-14-9-12-3-4-13(15-10-12)11-17-7-5-16(2)6-8-17/h3-4,10,14H,5-9,11H2,1-2H3. The summed E-state index contributed by atoms with van der Waals surface area (Å²) in [6.07, 6.45) is 1.97. The normalized spacial score (nSPS) is 18.5. The first-order valence-corrected chi connectivity index (χ1v) is 6.27. The van der Waals surface area contributed by atoms with Crippen molar-refractivity contribution >= 4 is 0 Å². The molecule has 1 N–H and O–H groups in total. The zero-order chi connectivity index (χ0) is 12.1. The summed E-state index contributed by atoms with van der Waals surface area (Å²) in [7, 11) is 4.14. The largest absolute Gasteiger partial charge is 0.316 e.